The van der Waals surface area contributed by atoms with Crippen LogP contribution in [0.3, 0.4) is 0 Å². The van der Waals surface area contributed by atoms with Gasteiger partial charge in [0.2, 0.25) is 0 Å². The van der Waals surface area contributed by atoms with Crippen molar-refractivity contribution in [3.63, 3.8) is 0 Å². The molecule has 144 valence electrons. The summed E-state index contributed by atoms with van der Waals surface area (Å²) in [6.07, 6.45) is 3.09. The Labute approximate surface area is 153 Å². The number of fused-ring (bicyclic) bond motifs is 1. The van der Waals surface area contributed by atoms with E-state index in [4.69, 9.17) is 24.5 Å². The minimum absolute atomic E-state index is 0.583. The quantitative estimate of drug-likeness (QED) is 0.853. The molecule has 2 heterocycles. The summed E-state index contributed by atoms with van der Waals surface area (Å²) in [5.41, 5.74) is 2.29. The highest BCUT2D eigenvalue weighted by molar-refractivity contribution is 5.74. The molecule has 0 radical (unpaired) electrons. The number of rotatable bonds is 4. The molecule has 0 saturated carbocycles. The summed E-state index contributed by atoms with van der Waals surface area (Å²) in [5, 5.41) is 14.8. The smallest absolute Gasteiger partial charge is 0.300 e. The fourth-order valence-electron chi connectivity index (χ4n) is 2.51. The number of likely N-dealkylation sites (N-methyl/N-ethyl adjacent to an activating group) is 1. The minimum atomic E-state index is -0.833. The van der Waals surface area contributed by atoms with Crippen LogP contribution in [0.4, 0.5) is 0 Å². The average molecular weight is 365 g/mol. The molecule has 3 rings (SSSR count). The van der Waals surface area contributed by atoms with Gasteiger partial charge in [-0.2, -0.15) is 0 Å². The van der Waals surface area contributed by atoms with Crippen LogP contribution in [0.25, 0.3) is 11.0 Å². The van der Waals surface area contributed by atoms with Crippen LogP contribution in [-0.2, 0) is 20.9 Å². The second-order valence-corrected chi connectivity index (χ2v) is 5.96. The topological polar surface area (TPSA) is 105 Å². The number of carboxylic acids is 2. The third kappa shape index (κ3) is 8.09. The van der Waals surface area contributed by atoms with Crippen molar-refractivity contribution in [3.05, 3.63) is 30.6 Å². The van der Waals surface area contributed by atoms with E-state index in [1.54, 1.807) is 0 Å². The van der Waals surface area contributed by atoms with Gasteiger partial charge in [0.05, 0.1) is 24.0 Å². The molecule has 0 bridgehead atoms. The first kappa shape index (κ1) is 21.6. The predicted octanol–water partition coefficient (Wildman–Crippen LogP) is 1.94. The highest BCUT2D eigenvalue weighted by Crippen LogP contribution is 2.13. The number of para-hydroxylation sites is 2. The van der Waals surface area contributed by atoms with Crippen molar-refractivity contribution in [3.8, 4) is 0 Å². The Hall–Kier alpha value is -2.45. The lowest BCUT2D eigenvalue weighted by Crippen LogP contribution is -2.34. The van der Waals surface area contributed by atoms with E-state index in [9.17, 15) is 0 Å². The number of imidazole rings is 1. The lowest BCUT2D eigenvalue weighted by molar-refractivity contribution is -0.135. The van der Waals surface area contributed by atoms with E-state index in [0.29, 0.717) is 6.04 Å². The van der Waals surface area contributed by atoms with E-state index in [2.05, 4.69) is 39.7 Å². The van der Waals surface area contributed by atoms with E-state index in [0.717, 1.165) is 52.1 Å². The normalized spacial score (nSPS) is 15.8. The van der Waals surface area contributed by atoms with Crippen molar-refractivity contribution < 1.29 is 24.5 Å². The molecule has 1 fully saturated rings. The molecule has 2 aromatic rings. The maximum Gasteiger partial charge on any atom is 0.300 e. The summed E-state index contributed by atoms with van der Waals surface area (Å²) in [5.74, 6) is -1.67. The van der Waals surface area contributed by atoms with Crippen molar-refractivity contribution in [1.82, 2.24) is 14.5 Å². The minimum Gasteiger partial charge on any atom is -0.481 e. The summed E-state index contributed by atoms with van der Waals surface area (Å²) in [7, 11) is 2.18. The van der Waals surface area contributed by atoms with Crippen molar-refractivity contribution in [2.45, 2.75) is 32.9 Å². The maximum atomic E-state index is 9.00. The molecular formula is C18H27N3O5. The van der Waals surface area contributed by atoms with Gasteiger partial charge in [0.1, 0.15) is 0 Å². The van der Waals surface area contributed by atoms with Gasteiger partial charge in [-0.3, -0.25) is 14.5 Å². The van der Waals surface area contributed by atoms with Crippen molar-refractivity contribution in [2.24, 2.45) is 0 Å². The molecular weight excluding hydrogens is 338 g/mol. The summed E-state index contributed by atoms with van der Waals surface area (Å²) in [6, 6.07) is 8.86. The zero-order valence-electron chi connectivity index (χ0n) is 15.5. The van der Waals surface area contributed by atoms with Gasteiger partial charge in [0.25, 0.3) is 11.9 Å². The van der Waals surface area contributed by atoms with Crippen LogP contribution >= 0.6 is 0 Å². The number of aromatic nitrogens is 2. The third-order valence-corrected chi connectivity index (χ3v) is 3.75. The summed E-state index contributed by atoms with van der Waals surface area (Å²) in [6.45, 7) is 5.96. The second-order valence-electron chi connectivity index (χ2n) is 5.96. The van der Waals surface area contributed by atoms with Gasteiger partial charge in [-0.05, 0) is 25.6 Å². The van der Waals surface area contributed by atoms with Crippen LogP contribution < -0.4 is 0 Å². The fourth-order valence-corrected chi connectivity index (χ4v) is 2.51. The largest absolute Gasteiger partial charge is 0.481 e. The van der Waals surface area contributed by atoms with E-state index >= 15 is 0 Å². The predicted molar refractivity (Wildman–Crippen MR) is 98.2 cm³/mol. The Morgan fingerprint density at radius 2 is 1.88 bits per heavy atom. The summed E-state index contributed by atoms with van der Waals surface area (Å²) < 4.78 is 7.65. The summed E-state index contributed by atoms with van der Waals surface area (Å²) in [4.78, 5) is 24.8. The van der Waals surface area contributed by atoms with E-state index < -0.39 is 11.9 Å². The van der Waals surface area contributed by atoms with Crippen LogP contribution in [0, 0.1) is 0 Å². The highest BCUT2D eigenvalue weighted by atomic mass is 16.5. The van der Waals surface area contributed by atoms with Crippen molar-refractivity contribution in [2.75, 3.05) is 26.8 Å². The molecule has 1 saturated heterocycles. The lowest BCUT2D eigenvalue weighted by Gasteiger charge is -2.22. The number of benzene rings is 1. The molecule has 1 unspecified atom stereocenters. The number of hydrogen-bond acceptors (Lipinski definition) is 5. The molecule has 1 aromatic carbocycles. The molecule has 8 heteroatoms. The fraction of sp³-hybridized carbons (Fsp3) is 0.500. The van der Waals surface area contributed by atoms with E-state index in [1.807, 2.05) is 12.4 Å². The Morgan fingerprint density at radius 3 is 2.46 bits per heavy atom. The Bertz CT molecular complexity index is 675. The number of nitrogens with zero attached hydrogens (tertiary/aromatic N) is 3. The van der Waals surface area contributed by atoms with Crippen LogP contribution in [-0.4, -0.2) is 69.5 Å². The first-order valence-corrected chi connectivity index (χ1v) is 8.38. The zero-order chi connectivity index (χ0) is 19.5. The standard InChI is InChI=1S/C14H19N3O.2C2H4O2/c1-16(12-6-9-18-10-12)7-8-17-11-15-13-4-2-3-5-14(13)17;2*1-2(3)4/h2-5,11-12H,6-10H2,1H3;2*1H3,(H,3,4). The molecule has 0 spiro atoms. The maximum absolute atomic E-state index is 9.00. The zero-order valence-corrected chi connectivity index (χ0v) is 15.5. The monoisotopic (exact) mass is 365 g/mol. The first-order chi connectivity index (χ1) is 12.3. The van der Waals surface area contributed by atoms with E-state index in [1.165, 1.54) is 5.52 Å². The molecule has 1 aliphatic heterocycles. The molecule has 0 aliphatic carbocycles. The lowest BCUT2D eigenvalue weighted by atomic mass is 10.2. The second kappa shape index (κ2) is 11.2. The van der Waals surface area contributed by atoms with Gasteiger partial charge in [-0.1, -0.05) is 12.1 Å². The van der Waals surface area contributed by atoms with Gasteiger partial charge >= 0.3 is 0 Å². The molecule has 1 aliphatic rings. The van der Waals surface area contributed by atoms with Crippen LogP contribution in [0.1, 0.15) is 20.3 Å². The number of ether oxygens (including phenoxy) is 1. The van der Waals surface area contributed by atoms with Gasteiger partial charge in [-0.15, -0.1) is 0 Å². The Kier molecular flexibility index (Phi) is 9.32. The molecule has 0 amide bonds. The third-order valence-electron chi connectivity index (χ3n) is 3.75. The van der Waals surface area contributed by atoms with Gasteiger partial charge in [0, 0.05) is 39.6 Å². The number of carbonyl (C=O) groups is 2. The first-order valence-electron chi connectivity index (χ1n) is 8.38. The molecule has 1 aromatic heterocycles. The molecule has 26 heavy (non-hydrogen) atoms. The number of hydrogen-bond donors (Lipinski definition) is 2. The molecule has 2 N–H and O–H groups in total. The average Bonchev–Trinajstić information content (AvgIpc) is 3.22. The van der Waals surface area contributed by atoms with Gasteiger partial charge in [0.15, 0.2) is 0 Å². The van der Waals surface area contributed by atoms with Crippen LogP contribution in [0.15, 0.2) is 30.6 Å². The van der Waals surface area contributed by atoms with Gasteiger partial charge < -0.3 is 19.5 Å². The van der Waals surface area contributed by atoms with Crippen molar-refractivity contribution >= 4 is 23.0 Å². The molecule has 1 atom stereocenters. The highest BCUT2D eigenvalue weighted by Gasteiger charge is 2.19. The summed E-state index contributed by atoms with van der Waals surface area (Å²) >= 11 is 0. The Morgan fingerprint density at radius 1 is 1.27 bits per heavy atom. The molecule has 8 nitrogen and oxygen atoms in total. The van der Waals surface area contributed by atoms with Gasteiger partial charge in [-0.25, -0.2) is 4.98 Å². The SMILES string of the molecule is CC(=O)O.CC(=O)O.CN(CCn1cnc2ccccc21)C1CCOC1. The Balaban J connectivity index is 0.000000360. The van der Waals surface area contributed by atoms with Crippen LogP contribution in [0.5, 0.6) is 0 Å². The number of aliphatic carboxylic acids is 2. The van der Waals surface area contributed by atoms with Crippen LogP contribution in [0.2, 0.25) is 0 Å². The van der Waals surface area contributed by atoms with E-state index in [-0.39, 0.29) is 0 Å². The van der Waals surface area contributed by atoms with Crippen molar-refractivity contribution in [1.29, 1.82) is 0 Å². The number of carboxylic acid groups (broad SMARTS) is 2.